The van der Waals surface area contributed by atoms with Crippen molar-refractivity contribution in [2.45, 2.75) is 46.5 Å². The van der Waals surface area contributed by atoms with Crippen LogP contribution in [-0.4, -0.2) is 11.1 Å². The topological polar surface area (TPSA) is 17.0 Å². The number of rotatable bonds is 8. The number of hydrogen-bond acceptors (Lipinski definition) is 1. The van der Waals surface area contributed by atoms with E-state index in [1.807, 2.05) is 13.8 Å². The summed E-state index contributed by atoms with van der Waals surface area (Å²) in [6, 6.07) is 50.9. The van der Waals surface area contributed by atoms with Gasteiger partial charge in [0, 0.05) is 40.0 Å². The largest absolute Gasteiger partial charge is 0.385 e. The third-order valence-corrected chi connectivity index (χ3v) is 10.0. The second-order valence-electron chi connectivity index (χ2n) is 13.1. The van der Waals surface area contributed by atoms with E-state index in [9.17, 15) is 0 Å². The summed E-state index contributed by atoms with van der Waals surface area (Å²) < 4.78 is 2.44. The lowest BCUT2D eigenvalue weighted by Crippen LogP contribution is -2.21. The monoisotopic (exact) mass is 638 g/mol. The molecule has 0 saturated carbocycles. The number of nitrogens with one attached hydrogen (secondary N) is 1. The zero-order valence-electron chi connectivity index (χ0n) is 29.2. The van der Waals surface area contributed by atoms with E-state index < -0.39 is 0 Å². The predicted molar refractivity (Wildman–Crippen MR) is 213 cm³/mol. The third-order valence-electron chi connectivity index (χ3n) is 10.0. The average Bonchev–Trinajstić information content (AvgIpc) is 3.51. The Kier molecular flexibility index (Phi) is 9.48. The van der Waals surface area contributed by atoms with Crippen LogP contribution in [0.2, 0.25) is 0 Å². The zero-order valence-corrected chi connectivity index (χ0v) is 29.2. The number of aromatic nitrogens is 1. The van der Waals surface area contributed by atoms with Gasteiger partial charge in [0.1, 0.15) is 0 Å². The molecule has 2 heteroatoms. The van der Waals surface area contributed by atoms with Gasteiger partial charge in [0.15, 0.2) is 0 Å². The summed E-state index contributed by atoms with van der Waals surface area (Å²) in [6.07, 6.45) is 7.02. The normalized spacial score (nSPS) is 14.1. The van der Waals surface area contributed by atoms with Gasteiger partial charge in [-0.3, -0.25) is 0 Å². The molecule has 1 aromatic heterocycles. The van der Waals surface area contributed by atoms with E-state index in [-0.39, 0.29) is 0 Å². The minimum atomic E-state index is 0.375. The number of fused-ring (bicyclic) bond motifs is 5. The van der Waals surface area contributed by atoms with Crippen LogP contribution in [0.4, 0.5) is 5.69 Å². The first-order chi connectivity index (χ1) is 24.2. The highest BCUT2D eigenvalue weighted by Crippen LogP contribution is 2.39. The lowest BCUT2D eigenvalue weighted by molar-refractivity contribution is 0.531. The van der Waals surface area contributed by atoms with Crippen molar-refractivity contribution in [3.8, 4) is 16.8 Å². The van der Waals surface area contributed by atoms with Crippen LogP contribution < -0.4 is 5.32 Å². The average molecular weight is 639 g/mol. The fourth-order valence-corrected chi connectivity index (χ4v) is 7.64. The van der Waals surface area contributed by atoms with Gasteiger partial charge in [-0.05, 0) is 83.7 Å². The minimum absolute atomic E-state index is 0.375. The highest BCUT2D eigenvalue weighted by Gasteiger charge is 2.24. The molecule has 0 spiro atoms. The van der Waals surface area contributed by atoms with Crippen molar-refractivity contribution in [1.82, 2.24) is 4.57 Å². The van der Waals surface area contributed by atoms with Crippen molar-refractivity contribution >= 4 is 38.3 Å². The molecule has 0 aliphatic heterocycles. The van der Waals surface area contributed by atoms with E-state index >= 15 is 0 Å². The van der Waals surface area contributed by atoms with Crippen molar-refractivity contribution in [2.24, 2.45) is 5.92 Å². The molecule has 1 N–H and O–H groups in total. The molecule has 2 nitrogen and oxygen atoms in total. The molecule has 8 rings (SSSR count). The molecular formula is C47H46N2. The van der Waals surface area contributed by atoms with Gasteiger partial charge in [-0.15, -0.1) is 0 Å². The molecule has 6 aromatic carbocycles. The van der Waals surface area contributed by atoms with Crippen LogP contribution in [0.25, 0.3) is 49.4 Å². The van der Waals surface area contributed by atoms with Gasteiger partial charge in [-0.2, -0.15) is 0 Å². The maximum absolute atomic E-state index is 3.77. The van der Waals surface area contributed by atoms with E-state index in [1.165, 1.54) is 66.1 Å². The van der Waals surface area contributed by atoms with E-state index in [2.05, 4.69) is 175 Å². The molecule has 0 saturated heterocycles. The molecule has 2 unspecified atom stereocenters. The van der Waals surface area contributed by atoms with Crippen LogP contribution in [-0.2, 0) is 0 Å². The maximum atomic E-state index is 3.77. The number of nitrogens with zero attached hydrogens (tertiary/aromatic N) is 1. The summed E-state index contributed by atoms with van der Waals surface area (Å²) in [4.78, 5) is 0. The molecule has 1 aliphatic rings. The van der Waals surface area contributed by atoms with Crippen LogP contribution in [0, 0.1) is 5.92 Å². The molecule has 0 bridgehead atoms. The molecule has 7 aromatic rings. The molecule has 1 aliphatic carbocycles. The highest BCUT2D eigenvalue weighted by molar-refractivity contribution is 6.18. The van der Waals surface area contributed by atoms with Crippen molar-refractivity contribution in [1.29, 1.82) is 0 Å². The minimum Gasteiger partial charge on any atom is -0.385 e. The summed E-state index contributed by atoms with van der Waals surface area (Å²) in [7, 11) is 0. The van der Waals surface area contributed by atoms with Gasteiger partial charge in [-0.1, -0.05) is 148 Å². The van der Waals surface area contributed by atoms with Crippen LogP contribution >= 0.6 is 0 Å². The SMILES string of the molecule is CC.CC1=C(C(c2ccccc2)C(C)CNc2ccc(-c3cccc(-n4c5ccccc5c5ccc6ccccc6c54)c3)cc2)C=CCC1. The van der Waals surface area contributed by atoms with Crippen LogP contribution in [0.1, 0.15) is 52.0 Å². The molecule has 1 heterocycles. The first-order valence-electron chi connectivity index (χ1n) is 17.9. The van der Waals surface area contributed by atoms with Crippen LogP contribution in [0.5, 0.6) is 0 Å². The van der Waals surface area contributed by atoms with Gasteiger partial charge in [0.2, 0.25) is 0 Å². The fraction of sp³-hybridized carbons (Fsp3) is 0.191. The Labute approximate surface area is 291 Å². The number of anilines is 1. The fourth-order valence-electron chi connectivity index (χ4n) is 7.64. The van der Waals surface area contributed by atoms with Gasteiger partial charge in [0.25, 0.3) is 0 Å². The van der Waals surface area contributed by atoms with Crippen LogP contribution in [0.15, 0.2) is 163 Å². The molecule has 0 radical (unpaired) electrons. The zero-order chi connectivity index (χ0) is 33.7. The van der Waals surface area contributed by atoms with Crippen molar-refractivity contribution in [2.75, 3.05) is 11.9 Å². The second kappa shape index (κ2) is 14.4. The van der Waals surface area contributed by atoms with Crippen molar-refractivity contribution in [3.63, 3.8) is 0 Å². The Morgan fingerprint density at radius 2 is 1.41 bits per heavy atom. The smallest absolute Gasteiger partial charge is 0.0619 e. The van der Waals surface area contributed by atoms with Gasteiger partial charge >= 0.3 is 0 Å². The predicted octanol–water partition coefficient (Wildman–Crippen LogP) is 13.1. The third kappa shape index (κ3) is 6.32. The molecule has 0 amide bonds. The molecule has 2 atom stereocenters. The number of benzene rings is 6. The molecule has 244 valence electrons. The standard InChI is InChI=1S/C45H40N2.C2H6/c1-31-13-6-8-19-39(31)44(35-15-4-3-5-16-35)32(2)30-46-37-26-23-33(24-27-37)36-17-12-18-38(29-36)47-43-22-11-10-21-41(43)42-28-25-34-14-7-9-20-40(34)45(42)47;1-2/h3-5,7-12,14-29,32,44,46H,6,13,30H2,1-2H3;1-2H3. The molecule has 49 heavy (non-hydrogen) atoms. The molecular weight excluding hydrogens is 593 g/mol. The Morgan fingerprint density at radius 1 is 0.673 bits per heavy atom. The first kappa shape index (κ1) is 32.2. The number of allylic oxidation sites excluding steroid dienone is 4. The first-order valence-corrected chi connectivity index (χ1v) is 17.9. The van der Waals surface area contributed by atoms with Crippen molar-refractivity contribution < 1.29 is 0 Å². The van der Waals surface area contributed by atoms with Gasteiger partial charge in [0.05, 0.1) is 11.0 Å². The highest BCUT2D eigenvalue weighted by atomic mass is 15.0. The Balaban J connectivity index is 0.00000186. The maximum Gasteiger partial charge on any atom is 0.0619 e. The summed E-state index contributed by atoms with van der Waals surface area (Å²) in [5, 5.41) is 8.87. The van der Waals surface area contributed by atoms with Gasteiger partial charge < -0.3 is 9.88 Å². The second-order valence-corrected chi connectivity index (χ2v) is 13.1. The summed E-state index contributed by atoms with van der Waals surface area (Å²) in [5.41, 5.74) is 11.7. The summed E-state index contributed by atoms with van der Waals surface area (Å²) in [5.74, 6) is 0.809. The quantitative estimate of drug-likeness (QED) is 0.175. The Morgan fingerprint density at radius 3 is 2.20 bits per heavy atom. The van der Waals surface area contributed by atoms with E-state index in [0.29, 0.717) is 11.8 Å². The van der Waals surface area contributed by atoms with Crippen molar-refractivity contribution in [3.05, 3.63) is 168 Å². The molecule has 0 fully saturated rings. The van der Waals surface area contributed by atoms with E-state index in [4.69, 9.17) is 0 Å². The number of para-hydroxylation sites is 1. The summed E-state index contributed by atoms with van der Waals surface area (Å²) in [6.45, 7) is 9.60. The number of hydrogen-bond donors (Lipinski definition) is 1. The van der Waals surface area contributed by atoms with Gasteiger partial charge in [-0.25, -0.2) is 0 Å². The van der Waals surface area contributed by atoms with Crippen LogP contribution in [0.3, 0.4) is 0 Å². The Bertz CT molecular complexity index is 2270. The lowest BCUT2D eigenvalue weighted by Gasteiger charge is -2.29. The van der Waals surface area contributed by atoms with E-state index in [1.54, 1.807) is 0 Å². The summed E-state index contributed by atoms with van der Waals surface area (Å²) >= 11 is 0. The van der Waals surface area contributed by atoms with E-state index in [0.717, 1.165) is 25.1 Å². The Hall–Kier alpha value is -5.34. The lowest BCUT2D eigenvalue weighted by atomic mass is 9.77.